The fraction of sp³-hybridized carbons (Fsp3) is 0.143. The maximum Gasteiger partial charge on any atom is 0.0681 e. The van der Waals surface area contributed by atoms with Gasteiger partial charge in [-0.2, -0.15) is 0 Å². The Labute approximate surface area is 89.0 Å². The first-order chi connectivity index (χ1) is 7.38. The molecule has 0 bridgehead atoms. The van der Waals surface area contributed by atoms with E-state index in [2.05, 4.69) is 36.4 Å². The fourth-order valence-corrected chi connectivity index (χ4v) is 2.30. The first-order valence-electron chi connectivity index (χ1n) is 5.19. The lowest BCUT2D eigenvalue weighted by molar-refractivity contribution is 0.282. The zero-order chi connectivity index (χ0) is 10.3. The first kappa shape index (κ1) is 8.69. The molecule has 1 aliphatic rings. The lowest BCUT2D eigenvalue weighted by atomic mass is 10.0. The summed E-state index contributed by atoms with van der Waals surface area (Å²) in [5.74, 6) is 0. The lowest BCUT2D eigenvalue weighted by Gasteiger charge is -2.02. The van der Waals surface area contributed by atoms with E-state index in [-0.39, 0.29) is 6.61 Å². The molecule has 3 rings (SSSR count). The topological polar surface area (TPSA) is 20.2 Å². The van der Waals surface area contributed by atoms with Gasteiger partial charge in [0.25, 0.3) is 0 Å². The molecule has 1 N–H and O–H groups in total. The molecule has 0 unspecified atom stereocenters. The van der Waals surface area contributed by atoms with Crippen LogP contribution in [0.15, 0.2) is 42.5 Å². The average molecular weight is 196 g/mol. The van der Waals surface area contributed by atoms with Crippen LogP contribution in [0.3, 0.4) is 0 Å². The zero-order valence-electron chi connectivity index (χ0n) is 8.40. The van der Waals surface area contributed by atoms with Crippen molar-refractivity contribution in [1.29, 1.82) is 0 Å². The van der Waals surface area contributed by atoms with Gasteiger partial charge in [-0.3, -0.25) is 0 Å². The lowest BCUT2D eigenvalue weighted by Crippen LogP contribution is -1.86. The van der Waals surface area contributed by atoms with E-state index < -0.39 is 0 Å². The fourth-order valence-electron chi connectivity index (χ4n) is 2.30. The highest BCUT2D eigenvalue weighted by Gasteiger charge is 2.17. The van der Waals surface area contributed by atoms with Crippen LogP contribution in [0, 0.1) is 0 Å². The van der Waals surface area contributed by atoms with Crippen LogP contribution in [0.1, 0.15) is 16.7 Å². The van der Waals surface area contributed by atoms with Gasteiger partial charge in [-0.25, -0.2) is 0 Å². The van der Waals surface area contributed by atoms with E-state index in [1.54, 1.807) is 0 Å². The van der Waals surface area contributed by atoms with Gasteiger partial charge in [0, 0.05) is 0 Å². The highest BCUT2D eigenvalue weighted by atomic mass is 16.3. The molecule has 74 valence electrons. The Morgan fingerprint density at radius 3 is 2.60 bits per heavy atom. The van der Waals surface area contributed by atoms with Crippen molar-refractivity contribution in [3.05, 3.63) is 59.2 Å². The minimum absolute atomic E-state index is 0.129. The molecular weight excluding hydrogens is 184 g/mol. The molecule has 1 heteroatoms. The van der Waals surface area contributed by atoms with Gasteiger partial charge in [0.1, 0.15) is 0 Å². The summed E-state index contributed by atoms with van der Waals surface area (Å²) in [6, 6.07) is 14.7. The highest BCUT2D eigenvalue weighted by Crippen LogP contribution is 2.36. The molecule has 2 aromatic rings. The molecule has 0 fully saturated rings. The number of rotatable bonds is 1. The number of aliphatic hydroxyl groups excluding tert-OH is 1. The minimum atomic E-state index is 0.129. The van der Waals surface area contributed by atoms with Crippen molar-refractivity contribution in [1.82, 2.24) is 0 Å². The predicted octanol–water partition coefficient (Wildman–Crippen LogP) is 2.75. The van der Waals surface area contributed by atoms with Crippen molar-refractivity contribution in [2.45, 2.75) is 13.0 Å². The molecule has 0 aromatic heterocycles. The predicted molar refractivity (Wildman–Crippen MR) is 60.6 cm³/mol. The second-order valence-electron chi connectivity index (χ2n) is 3.98. The summed E-state index contributed by atoms with van der Waals surface area (Å²) >= 11 is 0. The highest BCUT2D eigenvalue weighted by molar-refractivity contribution is 5.76. The molecule has 0 amide bonds. The number of hydrogen-bond acceptors (Lipinski definition) is 1. The number of benzene rings is 2. The van der Waals surface area contributed by atoms with Crippen LogP contribution >= 0.6 is 0 Å². The summed E-state index contributed by atoms with van der Waals surface area (Å²) in [6.07, 6.45) is 0.999. The molecule has 0 aliphatic heterocycles. The Hall–Kier alpha value is -1.60. The van der Waals surface area contributed by atoms with Crippen LogP contribution in [-0.2, 0) is 13.0 Å². The van der Waals surface area contributed by atoms with E-state index in [1.165, 1.54) is 22.3 Å². The smallest absolute Gasteiger partial charge is 0.0681 e. The quantitative estimate of drug-likeness (QED) is 0.634. The van der Waals surface area contributed by atoms with Gasteiger partial charge in [-0.05, 0) is 34.2 Å². The summed E-state index contributed by atoms with van der Waals surface area (Å²) < 4.78 is 0. The molecular formula is C14H12O. The second kappa shape index (κ2) is 3.21. The molecule has 1 aliphatic carbocycles. The van der Waals surface area contributed by atoms with E-state index in [4.69, 9.17) is 5.11 Å². The third kappa shape index (κ3) is 1.28. The molecule has 0 saturated heterocycles. The van der Waals surface area contributed by atoms with E-state index in [1.807, 2.05) is 6.07 Å². The SMILES string of the molecule is OCc1ccc2c(c1)Cc1ccccc1-2. The molecule has 1 nitrogen and oxygen atoms in total. The van der Waals surface area contributed by atoms with Crippen LogP contribution in [0.2, 0.25) is 0 Å². The second-order valence-corrected chi connectivity index (χ2v) is 3.98. The van der Waals surface area contributed by atoms with Crippen LogP contribution in [0.25, 0.3) is 11.1 Å². The maximum absolute atomic E-state index is 9.09. The number of aliphatic hydroxyl groups is 1. The third-order valence-electron chi connectivity index (χ3n) is 3.04. The van der Waals surface area contributed by atoms with Gasteiger partial charge >= 0.3 is 0 Å². The van der Waals surface area contributed by atoms with Crippen LogP contribution in [0.4, 0.5) is 0 Å². The minimum Gasteiger partial charge on any atom is -0.392 e. The summed E-state index contributed by atoms with van der Waals surface area (Å²) in [7, 11) is 0. The summed E-state index contributed by atoms with van der Waals surface area (Å²) in [6.45, 7) is 0.129. The summed E-state index contributed by atoms with van der Waals surface area (Å²) in [5, 5.41) is 9.09. The van der Waals surface area contributed by atoms with Gasteiger partial charge in [-0.1, -0.05) is 42.5 Å². The summed E-state index contributed by atoms with van der Waals surface area (Å²) in [5.41, 5.74) is 6.40. The summed E-state index contributed by atoms with van der Waals surface area (Å²) in [4.78, 5) is 0. The molecule has 0 heterocycles. The Morgan fingerprint density at radius 1 is 0.933 bits per heavy atom. The van der Waals surface area contributed by atoms with Gasteiger partial charge in [0.15, 0.2) is 0 Å². The standard InChI is InChI=1S/C14H12O/c15-9-10-5-6-14-12(7-10)8-11-3-1-2-4-13(11)14/h1-7,15H,8-9H2. The normalized spacial score (nSPS) is 12.3. The number of hydrogen-bond donors (Lipinski definition) is 1. The van der Waals surface area contributed by atoms with Gasteiger partial charge in [-0.15, -0.1) is 0 Å². The molecule has 0 saturated carbocycles. The Balaban J connectivity index is 2.18. The molecule has 0 radical (unpaired) electrons. The van der Waals surface area contributed by atoms with Crippen molar-refractivity contribution in [3.63, 3.8) is 0 Å². The molecule has 0 spiro atoms. The van der Waals surface area contributed by atoms with Gasteiger partial charge in [0.05, 0.1) is 6.61 Å². The van der Waals surface area contributed by atoms with E-state index in [9.17, 15) is 0 Å². The van der Waals surface area contributed by atoms with Crippen molar-refractivity contribution in [2.75, 3.05) is 0 Å². The van der Waals surface area contributed by atoms with Crippen molar-refractivity contribution < 1.29 is 5.11 Å². The molecule has 0 atom stereocenters. The van der Waals surface area contributed by atoms with Crippen molar-refractivity contribution in [2.24, 2.45) is 0 Å². The monoisotopic (exact) mass is 196 g/mol. The average Bonchev–Trinajstić information content (AvgIpc) is 2.66. The zero-order valence-corrected chi connectivity index (χ0v) is 8.40. The Bertz CT molecular complexity index is 514. The van der Waals surface area contributed by atoms with Gasteiger partial charge in [0.2, 0.25) is 0 Å². The molecule has 2 aromatic carbocycles. The van der Waals surface area contributed by atoms with Gasteiger partial charge < -0.3 is 5.11 Å². The Morgan fingerprint density at radius 2 is 1.73 bits per heavy atom. The van der Waals surface area contributed by atoms with Crippen molar-refractivity contribution in [3.8, 4) is 11.1 Å². The van der Waals surface area contributed by atoms with Crippen LogP contribution in [-0.4, -0.2) is 5.11 Å². The van der Waals surface area contributed by atoms with E-state index in [0.29, 0.717) is 0 Å². The maximum atomic E-state index is 9.09. The first-order valence-corrected chi connectivity index (χ1v) is 5.19. The van der Waals surface area contributed by atoms with E-state index in [0.717, 1.165) is 12.0 Å². The largest absolute Gasteiger partial charge is 0.392 e. The van der Waals surface area contributed by atoms with E-state index >= 15 is 0 Å². The van der Waals surface area contributed by atoms with Crippen molar-refractivity contribution >= 4 is 0 Å². The van der Waals surface area contributed by atoms with Crippen LogP contribution in [0.5, 0.6) is 0 Å². The number of fused-ring (bicyclic) bond motifs is 3. The third-order valence-corrected chi connectivity index (χ3v) is 3.04. The van der Waals surface area contributed by atoms with Crippen LogP contribution < -0.4 is 0 Å². The Kier molecular flexibility index (Phi) is 1.86. The molecule has 15 heavy (non-hydrogen) atoms.